The highest BCUT2D eigenvalue weighted by atomic mass is 16.5. The maximum atomic E-state index is 12.0. The third kappa shape index (κ3) is 4.42. The number of benzene rings is 1. The van der Waals surface area contributed by atoms with Crippen LogP contribution in [-0.4, -0.2) is 30.3 Å². The van der Waals surface area contributed by atoms with E-state index in [-0.39, 0.29) is 24.1 Å². The minimum atomic E-state index is -0.295. The number of amides is 1. The number of carbonyl (C=O) groups is 2. The monoisotopic (exact) mass is 308 g/mol. The fourth-order valence-corrected chi connectivity index (χ4v) is 1.88. The molecule has 23 heavy (non-hydrogen) atoms. The van der Waals surface area contributed by atoms with Gasteiger partial charge >= 0.3 is 0 Å². The molecule has 2 aromatic rings. The van der Waals surface area contributed by atoms with Gasteiger partial charge in [0.15, 0.2) is 5.78 Å². The van der Waals surface area contributed by atoms with E-state index in [1.807, 2.05) is 0 Å². The highest BCUT2D eigenvalue weighted by Gasteiger charge is 2.11. The van der Waals surface area contributed by atoms with Crippen LogP contribution in [0.5, 0.6) is 5.88 Å². The summed E-state index contributed by atoms with van der Waals surface area (Å²) < 4.78 is 5.04. The van der Waals surface area contributed by atoms with E-state index in [1.54, 1.807) is 42.6 Å². The molecule has 0 aliphatic heterocycles. The number of hydrogen-bond donors (Lipinski definition) is 1. The predicted molar refractivity (Wildman–Crippen MR) is 86.4 cm³/mol. The fraction of sp³-hybridized carbons (Fsp3) is 0.167. The molecule has 0 aliphatic rings. The lowest BCUT2D eigenvalue weighted by Crippen LogP contribution is -2.24. The van der Waals surface area contributed by atoms with Gasteiger partial charge < -0.3 is 10.1 Å². The van der Waals surface area contributed by atoms with Crippen molar-refractivity contribution in [2.45, 2.75) is 6.92 Å². The average molecular weight is 308 g/mol. The third-order valence-corrected chi connectivity index (χ3v) is 3.07. The largest absolute Gasteiger partial charge is 0.480 e. The zero-order chi connectivity index (χ0) is 16.7. The smallest absolute Gasteiger partial charge is 0.257 e. The van der Waals surface area contributed by atoms with E-state index >= 15 is 0 Å². The zero-order valence-corrected chi connectivity index (χ0v) is 12.9. The Morgan fingerprint density at radius 1 is 1.22 bits per heavy atom. The van der Waals surface area contributed by atoms with Crippen LogP contribution in [0.2, 0.25) is 0 Å². The van der Waals surface area contributed by atoms with Gasteiger partial charge in [-0.05, 0) is 31.2 Å². The molecule has 0 bridgehead atoms. The Hall–Kier alpha value is -3.13. The van der Waals surface area contributed by atoms with Gasteiger partial charge in [-0.3, -0.25) is 9.59 Å². The number of nitrogens with one attached hydrogen (secondary N) is 1. The van der Waals surface area contributed by atoms with Crippen molar-refractivity contribution in [2.75, 3.05) is 13.7 Å². The Kier molecular flexibility index (Phi) is 5.48. The molecule has 0 saturated heterocycles. The van der Waals surface area contributed by atoms with Crippen molar-refractivity contribution in [3.63, 3.8) is 0 Å². The first-order valence-electron chi connectivity index (χ1n) is 6.99. The first-order valence-corrected chi connectivity index (χ1v) is 6.99. The van der Waals surface area contributed by atoms with Crippen molar-refractivity contribution in [3.8, 4) is 17.7 Å². The van der Waals surface area contributed by atoms with E-state index in [0.717, 1.165) is 5.56 Å². The molecule has 0 radical (unpaired) electrons. The van der Waals surface area contributed by atoms with Crippen LogP contribution in [-0.2, 0) is 0 Å². The van der Waals surface area contributed by atoms with Gasteiger partial charge in [0.25, 0.3) is 5.91 Å². The van der Waals surface area contributed by atoms with Crippen molar-refractivity contribution in [3.05, 3.63) is 59.3 Å². The summed E-state index contributed by atoms with van der Waals surface area (Å²) >= 11 is 0. The third-order valence-electron chi connectivity index (χ3n) is 3.07. The molecule has 0 atom stereocenters. The first kappa shape index (κ1) is 16.2. The van der Waals surface area contributed by atoms with Gasteiger partial charge in [-0.2, -0.15) is 0 Å². The molecule has 1 aromatic heterocycles. The molecule has 0 spiro atoms. The molecule has 0 aliphatic carbocycles. The zero-order valence-electron chi connectivity index (χ0n) is 12.9. The van der Waals surface area contributed by atoms with Crippen molar-refractivity contribution in [1.29, 1.82) is 0 Å². The van der Waals surface area contributed by atoms with Crippen LogP contribution in [0, 0.1) is 11.8 Å². The number of carbonyl (C=O) groups excluding carboxylic acids is 2. The number of hydrogen-bond acceptors (Lipinski definition) is 4. The SMILES string of the molecule is COc1ncccc1C(=O)NCC#Cc1ccc(C(C)=O)cc1. The molecule has 2 rings (SSSR count). The van der Waals surface area contributed by atoms with E-state index in [2.05, 4.69) is 22.1 Å². The molecular formula is C18H16N2O3. The van der Waals surface area contributed by atoms with Crippen molar-refractivity contribution in [2.24, 2.45) is 0 Å². The van der Waals surface area contributed by atoms with Gasteiger partial charge in [0, 0.05) is 17.3 Å². The van der Waals surface area contributed by atoms with E-state index in [0.29, 0.717) is 11.1 Å². The van der Waals surface area contributed by atoms with Crippen molar-refractivity contribution >= 4 is 11.7 Å². The fourth-order valence-electron chi connectivity index (χ4n) is 1.88. The molecule has 1 aromatic carbocycles. The minimum absolute atomic E-state index is 0.0159. The normalized spacial score (nSPS) is 9.48. The lowest BCUT2D eigenvalue weighted by Gasteiger charge is -2.05. The van der Waals surface area contributed by atoms with E-state index in [1.165, 1.54) is 14.0 Å². The van der Waals surface area contributed by atoms with Crippen LogP contribution in [0.1, 0.15) is 33.2 Å². The molecule has 0 unspecified atom stereocenters. The number of pyridine rings is 1. The van der Waals surface area contributed by atoms with E-state index in [9.17, 15) is 9.59 Å². The molecule has 1 heterocycles. The molecule has 5 heteroatoms. The summed E-state index contributed by atoms with van der Waals surface area (Å²) in [5.74, 6) is 5.78. The van der Waals surface area contributed by atoms with Crippen molar-refractivity contribution in [1.82, 2.24) is 10.3 Å². The quantitative estimate of drug-likeness (QED) is 0.693. The van der Waals surface area contributed by atoms with Crippen LogP contribution in [0.3, 0.4) is 0 Å². The van der Waals surface area contributed by atoms with Crippen LogP contribution in [0.4, 0.5) is 0 Å². The number of Topliss-reactive ketones (excluding diaryl/α,β-unsaturated/α-hetero) is 1. The van der Waals surface area contributed by atoms with Gasteiger partial charge in [0.1, 0.15) is 5.56 Å². The first-order chi connectivity index (χ1) is 11.1. The maximum absolute atomic E-state index is 12.0. The van der Waals surface area contributed by atoms with Crippen LogP contribution < -0.4 is 10.1 Å². The Morgan fingerprint density at radius 3 is 2.61 bits per heavy atom. The highest BCUT2D eigenvalue weighted by molar-refractivity contribution is 5.96. The Morgan fingerprint density at radius 2 is 1.96 bits per heavy atom. The lowest BCUT2D eigenvalue weighted by molar-refractivity contribution is 0.0953. The summed E-state index contributed by atoms with van der Waals surface area (Å²) in [5, 5.41) is 2.69. The molecule has 116 valence electrons. The van der Waals surface area contributed by atoms with Crippen LogP contribution in [0.25, 0.3) is 0 Å². The molecule has 0 saturated carbocycles. The van der Waals surface area contributed by atoms with Crippen molar-refractivity contribution < 1.29 is 14.3 Å². The second-order valence-electron chi connectivity index (χ2n) is 4.68. The minimum Gasteiger partial charge on any atom is -0.480 e. The summed E-state index contributed by atoms with van der Waals surface area (Å²) in [6, 6.07) is 10.3. The molecule has 5 nitrogen and oxygen atoms in total. The van der Waals surface area contributed by atoms with Gasteiger partial charge in [0.2, 0.25) is 5.88 Å². The topological polar surface area (TPSA) is 68.3 Å². The van der Waals surface area contributed by atoms with Crippen LogP contribution in [0.15, 0.2) is 42.6 Å². The number of ketones is 1. The number of ether oxygens (including phenoxy) is 1. The standard InChI is InChI=1S/C18H16N2O3/c1-13(21)15-9-7-14(8-10-15)5-3-11-19-17(22)16-6-4-12-20-18(16)23-2/h4,6-10,12H,11H2,1-2H3,(H,19,22). The van der Waals surface area contributed by atoms with Gasteiger partial charge in [0.05, 0.1) is 13.7 Å². The van der Waals surface area contributed by atoms with Gasteiger partial charge in [-0.15, -0.1) is 0 Å². The number of aromatic nitrogens is 1. The van der Waals surface area contributed by atoms with E-state index in [4.69, 9.17) is 4.74 Å². The summed E-state index contributed by atoms with van der Waals surface area (Å²) in [7, 11) is 1.46. The number of methoxy groups -OCH3 is 1. The summed E-state index contributed by atoms with van der Waals surface area (Å²) in [5.41, 5.74) is 1.79. The van der Waals surface area contributed by atoms with Crippen LogP contribution >= 0.6 is 0 Å². The average Bonchev–Trinajstić information content (AvgIpc) is 2.58. The van der Waals surface area contributed by atoms with Gasteiger partial charge in [-0.25, -0.2) is 4.98 Å². The summed E-state index contributed by atoms with van der Waals surface area (Å²) in [4.78, 5) is 27.2. The molecule has 0 fully saturated rings. The number of nitrogens with zero attached hydrogens (tertiary/aromatic N) is 1. The number of rotatable bonds is 4. The summed E-state index contributed by atoms with van der Waals surface area (Å²) in [6.45, 7) is 1.72. The Balaban J connectivity index is 1.95. The predicted octanol–water partition coefficient (Wildman–Crippen LogP) is 2.07. The summed E-state index contributed by atoms with van der Waals surface area (Å²) in [6.07, 6.45) is 1.56. The molecule has 1 amide bonds. The Labute approximate surface area is 134 Å². The molecular weight excluding hydrogens is 292 g/mol. The lowest BCUT2D eigenvalue weighted by atomic mass is 10.1. The second kappa shape index (κ2) is 7.76. The highest BCUT2D eigenvalue weighted by Crippen LogP contribution is 2.12. The maximum Gasteiger partial charge on any atom is 0.257 e. The van der Waals surface area contributed by atoms with E-state index < -0.39 is 0 Å². The molecule has 1 N–H and O–H groups in total. The Bertz CT molecular complexity index is 771. The second-order valence-corrected chi connectivity index (χ2v) is 4.68. The van der Waals surface area contributed by atoms with Gasteiger partial charge in [-0.1, -0.05) is 24.0 Å².